The van der Waals surface area contributed by atoms with Gasteiger partial charge in [0, 0.05) is 57.9 Å². The maximum atomic E-state index is 13.7. The lowest BCUT2D eigenvalue weighted by Crippen LogP contribution is -2.54. The zero-order valence-corrected chi connectivity index (χ0v) is 25.1. The number of likely N-dealkylation sites (tertiary alicyclic amines) is 1. The fraction of sp³-hybridized carbons (Fsp3) is 0.581. The number of allylic oxidation sites excluding steroid dienone is 5. The maximum Gasteiger partial charge on any atom is 0.216 e. The van der Waals surface area contributed by atoms with Gasteiger partial charge < -0.3 is 24.6 Å². The van der Waals surface area contributed by atoms with Gasteiger partial charge in [0.1, 0.15) is 17.5 Å². The molecular weight excluding hydrogens is 560 g/mol. The molecule has 0 saturated carbocycles. The molecule has 7 nitrogen and oxygen atoms in total. The molecule has 2 saturated heterocycles. The quantitative estimate of drug-likeness (QED) is 0.456. The molecule has 39 heavy (non-hydrogen) atoms. The molecule has 2 fully saturated rings. The molecule has 3 unspecified atom stereocenters. The lowest BCUT2D eigenvalue weighted by Gasteiger charge is -2.43. The molecule has 0 aromatic heterocycles. The van der Waals surface area contributed by atoms with Gasteiger partial charge in [0.2, 0.25) is 6.41 Å². The molecule has 6 rings (SSSR count). The summed E-state index contributed by atoms with van der Waals surface area (Å²) in [5.74, 6) is 0.972. The SMILES string of the molecule is CC(C)(C)OC(O)N1CCC2(CC1)OCCC2Oc1ccc2c(c1)C(C)(C)C1=C(C2=O)C2CC=C(Br)C=C2N1. The van der Waals surface area contributed by atoms with Gasteiger partial charge in [0.05, 0.1) is 12.2 Å². The van der Waals surface area contributed by atoms with E-state index < -0.39 is 12.0 Å². The van der Waals surface area contributed by atoms with E-state index in [1.807, 2.05) is 37.8 Å². The third-order valence-electron chi connectivity index (χ3n) is 8.93. The van der Waals surface area contributed by atoms with Crippen LogP contribution in [0.15, 0.2) is 51.8 Å². The predicted octanol–water partition coefficient (Wildman–Crippen LogP) is 5.29. The Kier molecular flexibility index (Phi) is 6.67. The summed E-state index contributed by atoms with van der Waals surface area (Å²) in [4.78, 5) is 15.7. The summed E-state index contributed by atoms with van der Waals surface area (Å²) in [6, 6.07) is 5.95. The number of piperidine rings is 1. The van der Waals surface area contributed by atoms with E-state index in [-0.39, 0.29) is 28.8 Å². The Labute approximate surface area is 239 Å². The Morgan fingerprint density at radius 3 is 2.69 bits per heavy atom. The average Bonchev–Trinajstić information content (AvgIpc) is 3.44. The van der Waals surface area contributed by atoms with Crippen LogP contribution in [0.5, 0.6) is 5.75 Å². The molecule has 1 aromatic rings. The first-order valence-corrected chi connectivity index (χ1v) is 14.9. The van der Waals surface area contributed by atoms with Gasteiger partial charge in [-0.2, -0.15) is 0 Å². The van der Waals surface area contributed by atoms with E-state index in [4.69, 9.17) is 14.2 Å². The van der Waals surface area contributed by atoms with Crippen molar-refractivity contribution in [2.75, 3.05) is 19.7 Å². The number of hydrogen-bond donors (Lipinski definition) is 2. The molecule has 0 bridgehead atoms. The monoisotopic (exact) mass is 598 g/mol. The molecule has 1 aromatic carbocycles. The van der Waals surface area contributed by atoms with Crippen molar-refractivity contribution in [3.05, 3.63) is 62.9 Å². The second-order valence-electron chi connectivity index (χ2n) is 13.0. The number of Topliss-reactive ketones (excluding diaryl/α,β-unsaturated/α-hetero) is 1. The Hall–Kier alpha value is -1.97. The van der Waals surface area contributed by atoms with Crippen molar-refractivity contribution in [1.29, 1.82) is 0 Å². The molecule has 1 spiro atoms. The number of hydrogen-bond acceptors (Lipinski definition) is 7. The van der Waals surface area contributed by atoms with Crippen LogP contribution in [-0.4, -0.2) is 59.2 Å². The highest BCUT2D eigenvalue weighted by Crippen LogP contribution is 2.50. The highest BCUT2D eigenvalue weighted by molar-refractivity contribution is 9.11. The van der Waals surface area contributed by atoms with Crippen molar-refractivity contribution in [1.82, 2.24) is 10.2 Å². The molecule has 2 aliphatic carbocycles. The van der Waals surface area contributed by atoms with Gasteiger partial charge in [-0.05, 0) is 69.9 Å². The Bertz CT molecular complexity index is 1280. The smallest absolute Gasteiger partial charge is 0.216 e. The maximum absolute atomic E-state index is 13.7. The molecule has 0 radical (unpaired) electrons. The van der Waals surface area contributed by atoms with Crippen molar-refractivity contribution < 1.29 is 24.1 Å². The minimum absolute atomic E-state index is 0.0865. The lowest BCUT2D eigenvalue weighted by molar-refractivity contribution is -0.250. The largest absolute Gasteiger partial charge is 0.487 e. The number of ether oxygens (including phenoxy) is 3. The molecular formula is C31H39BrN2O5. The minimum Gasteiger partial charge on any atom is -0.487 e. The van der Waals surface area contributed by atoms with E-state index >= 15 is 0 Å². The summed E-state index contributed by atoms with van der Waals surface area (Å²) < 4.78 is 19.8. The van der Waals surface area contributed by atoms with Crippen LogP contribution in [0, 0.1) is 5.92 Å². The molecule has 3 heterocycles. The third-order valence-corrected chi connectivity index (χ3v) is 9.49. The van der Waals surface area contributed by atoms with Crippen LogP contribution < -0.4 is 10.1 Å². The van der Waals surface area contributed by atoms with E-state index in [2.05, 4.69) is 53.3 Å². The van der Waals surface area contributed by atoms with E-state index in [0.717, 1.165) is 64.0 Å². The molecule has 5 aliphatic rings. The van der Waals surface area contributed by atoms with E-state index in [1.54, 1.807) is 0 Å². The summed E-state index contributed by atoms with van der Waals surface area (Å²) in [6.45, 7) is 12.2. The van der Waals surface area contributed by atoms with E-state index in [1.165, 1.54) is 0 Å². The van der Waals surface area contributed by atoms with Crippen molar-refractivity contribution in [3.8, 4) is 5.75 Å². The Morgan fingerprint density at radius 1 is 1.23 bits per heavy atom. The number of ketones is 1. The number of nitrogens with one attached hydrogen (secondary N) is 1. The van der Waals surface area contributed by atoms with Crippen LogP contribution in [0.25, 0.3) is 0 Å². The second kappa shape index (κ2) is 9.55. The number of carbonyl (C=O) groups excluding carboxylic acids is 1. The van der Waals surface area contributed by atoms with Gasteiger partial charge in [0.25, 0.3) is 0 Å². The van der Waals surface area contributed by atoms with E-state index in [0.29, 0.717) is 19.7 Å². The van der Waals surface area contributed by atoms with Crippen molar-refractivity contribution in [2.24, 2.45) is 5.92 Å². The molecule has 210 valence electrons. The second-order valence-corrected chi connectivity index (χ2v) is 13.9. The minimum atomic E-state index is -0.927. The first-order valence-electron chi connectivity index (χ1n) is 14.1. The topological polar surface area (TPSA) is 80.3 Å². The summed E-state index contributed by atoms with van der Waals surface area (Å²) >= 11 is 3.59. The first-order chi connectivity index (χ1) is 18.4. The van der Waals surface area contributed by atoms with Crippen LogP contribution in [-0.2, 0) is 14.9 Å². The van der Waals surface area contributed by atoms with Gasteiger partial charge in [-0.1, -0.05) is 35.9 Å². The number of fused-ring (bicyclic) bond motifs is 3. The van der Waals surface area contributed by atoms with Gasteiger partial charge in [0.15, 0.2) is 5.78 Å². The molecule has 2 N–H and O–H groups in total. The Morgan fingerprint density at radius 2 is 1.97 bits per heavy atom. The standard InChI is InChI=1S/C31H39BrN2O5/c1-29(2,3)39-28(36)34-13-11-31(12-14-34)24(10-15-37-31)38-19-7-9-20-22(17-19)30(4,5)27-25(26(20)35)21-8-6-18(32)16-23(21)33-27/h6-7,9,16-17,21,24,28,33,36H,8,10-15H2,1-5H3. The number of aliphatic hydroxyl groups is 1. The predicted molar refractivity (Wildman–Crippen MR) is 153 cm³/mol. The van der Waals surface area contributed by atoms with Gasteiger partial charge in [-0.25, -0.2) is 0 Å². The van der Waals surface area contributed by atoms with Crippen LogP contribution in [0.1, 0.15) is 76.2 Å². The third kappa shape index (κ3) is 4.72. The number of carbonyl (C=O) groups is 1. The fourth-order valence-corrected chi connectivity index (χ4v) is 7.27. The number of nitrogens with zero attached hydrogens (tertiary/aromatic N) is 1. The van der Waals surface area contributed by atoms with Gasteiger partial charge in [-0.15, -0.1) is 0 Å². The average molecular weight is 600 g/mol. The molecule has 3 aliphatic heterocycles. The van der Waals surface area contributed by atoms with Crippen molar-refractivity contribution in [2.45, 2.75) is 89.4 Å². The highest BCUT2D eigenvalue weighted by atomic mass is 79.9. The fourth-order valence-electron chi connectivity index (χ4n) is 6.84. The summed E-state index contributed by atoms with van der Waals surface area (Å²) in [7, 11) is 0. The zero-order chi connectivity index (χ0) is 27.7. The van der Waals surface area contributed by atoms with Gasteiger partial charge >= 0.3 is 0 Å². The summed E-state index contributed by atoms with van der Waals surface area (Å²) in [6.07, 6.45) is 6.37. The number of benzene rings is 1. The molecule has 8 heteroatoms. The number of halogens is 1. The number of aliphatic hydroxyl groups excluding tert-OH is 1. The first kappa shape index (κ1) is 27.2. The van der Waals surface area contributed by atoms with Crippen LogP contribution in [0.4, 0.5) is 0 Å². The molecule has 3 atom stereocenters. The van der Waals surface area contributed by atoms with Crippen LogP contribution in [0.2, 0.25) is 0 Å². The highest BCUT2D eigenvalue weighted by Gasteiger charge is 2.50. The van der Waals surface area contributed by atoms with Crippen molar-refractivity contribution >= 4 is 21.7 Å². The zero-order valence-electron chi connectivity index (χ0n) is 23.5. The van der Waals surface area contributed by atoms with Crippen molar-refractivity contribution in [3.63, 3.8) is 0 Å². The normalized spacial score (nSPS) is 28.3. The van der Waals surface area contributed by atoms with Gasteiger partial charge in [-0.3, -0.25) is 9.69 Å². The lowest BCUT2D eigenvalue weighted by atomic mass is 9.70. The Balaban J connectivity index is 1.20. The summed E-state index contributed by atoms with van der Waals surface area (Å²) in [5, 5.41) is 14.2. The van der Waals surface area contributed by atoms with Crippen LogP contribution in [0.3, 0.4) is 0 Å². The number of rotatable bonds is 4. The summed E-state index contributed by atoms with van der Waals surface area (Å²) in [5.41, 5.74) is 3.60. The van der Waals surface area contributed by atoms with Crippen LogP contribution >= 0.6 is 15.9 Å². The van der Waals surface area contributed by atoms with E-state index in [9.17, 15) is 9.90 Å². The molecule has 0 amide bonds.